The molecule has 1 saturated heterocycles. The number of piperazine rings is 1. The summed E-state index contributed by atoms with van der Waals surface area (Å²) in [6.45, 7) is 11.4. The van der Waals surface area contributed by atoms with E-state index in [0.717, 1.165) is 49.7 Å². The summed E-state index contributed by atoms with van der Waals surface area (Å²) in [5, 5.41) is 7.70. The van der Waals surface area contributed by atoms with Crippen molar-refractivity contribution < 1.29 is 9.32 Å². The molecule has 8 heteroatoms. The van der Waals surface area contributed by atoms with E-state index in [-0.39, 0.29) is 12.3 Å². The van der Waals surface area contributed by atoms with E-state index >= 15 is 0 Å². The molecule has 2 aromatic carbocycles. The zero-order valence-electron chi connectivity index (χ0n) is 20.1. The van der Waals surface area contributed by atoms with E-state index in [4.69, 9.17) is 16.1 Å². The number of aromatic nitrogens is 2. The Morgan fingerprint density at radius 3 is 2.53 bits per heavy atom. The zero-order valence-corrected chi connectivity index (χ0v) is 20.8. The fourth-order valence-corrected chi connectivity index (χ4v) is 4.29. The summed E-state index contributed by atoms with van der Waals surface area (Å²) in [5.41, 5.74) is 3.89. The molecule has 2 heterocycles. The average Bonchev–Trinajstić information content (AvgIpc) is 3.32. The summed E-state index contributed by atoms with van der Waals surface area (Å²) in [5.74, 6) is 1.33. The number of nitrogens with zero attached hydrogens (tertiary/aromatic N) is 4. The molecule has 4 rings (SSSR count). The van der Waals surface area contributed by atoms with E-state index in [1.165, 1.54) is 5.56 Å². The van der Waals surface area contributed by atoms with Gasteiger partial charge in [-0.3, -0.25) is 4.79 Å². The lowest BCUT2D eigenvalue weighted by atomic mass is 10.0. The number of hydrogen-bond acceptors (Lipinski definition) is 6. The standard InChI is InChI=1S/C26H32ClN5O2/c1-4-31-13-15-32(16-14-31)23-10-9-21(27)17-22(23)28-24(33)11-12-25-29-26(30-34-25)20-7-5-19(6-8-20)18(2)3/h5-10,17-18H,4,11-16H2,1-3H3,(H,28,33). The van der Waals surface area contributed by atoms with Crippen LogP contribution in [0.4, 0.5) is 11.4 Å². The minimum atomic E-state index is -0.114. The normalized spacial score (nSPS) is 14.6. The minimum absolute atomic E-state index is 0.114. The highest BCUT2D eigenvalue weighted by Gasteiger charge is 2.20. The molecule has 34 heavy (non-hydrogen) atoms. The maximum atomic E-state index is 12.7. The first-order valence-electron chi connectivity index (χ1n) is 11.9. The summed E-state index contributed by atoms with van der Waals surface area (Å²) in [6, 6.07) is 13.8. The van der Waals surface area contributed by atoms with Crippen LogP contribution in [0.5, 0.6) is 0 Å². The van der Waals surface area contributed by atoms with Crippen molar-refractivity contribution in [3.63, 3.8) is 0 Å². The maximum absolute atomic E-state index is 12.7. The second-order valence-electron chi connectivity index (χ2n) is 8.92. The van der Waals surface area contributed by atoms with Crippen LogP contribution >= 0.6 is 11.6 Å². The molecule has 0 bridgehead atoms. The van der Waals surface area contributed by atoms with E-state index in [9.17, 15) is 4.79 Å². The zero-order chi connectivity index (χ0) is 24.1. The highest BCUT2D eigenvalue weighted by atomic mass is 35.5. The van der Waals surface area contributed by atoms with E-state index in [0.29, 0.717) is 29.1 Å². The van der Waals surface area contributed by atoms with Crippen LogP contribution in [0.3, 0.4) is 0 Å². The van der Waals surface area contributed by atoms with Gasteiger partial charge in [0.25, 0.3) is 0 Å². The van der Waals surface area contributed by atoms with Crippen molar-refractivity contribution in [2.45, 2.75) is 39.5 Å². The second-order valence-corrected chi connectivity index (χ2v) is 9.36. The number of likely N-dealkylation sites (N-methyl/N-ethyl adjacent to an activating group) is 1. The molecule has 0 saturated carbocycles. The fraction of sp³-hybridized carbons (Fsp3) is 0.423. The van der Waals surface area contributed by atoms with Crippen LogP contribution in [0.1, 0.15) is 44.6 Å². The fourth-order valence-electron chi connectivity index (χ4n) is 4.11. The molecule has 180 valence electrons. The number of carbonyl (C=O) groups excluding carboxylic acids is 1. The van der Waals surface area contributed by atoms with Gasteiger partial charge in [-0.25, -0.2) is 0 Å². The van der Waals surface area contributed by atoms with Crippen LogP contribution in [-0.4, -0.2) is 53.7 Å². The molecular formula is C26H32ClN5O2. The van der Waals surface area contributed by atoms with Crippen LogP contribution in [-0.2, 0) is 11.2 Å². The van der Waals surface area contributed by atoms with Crippen LogP contribution < -0.4 is 10.2 Å². The number of hydrogen-bond donors (Lipinski definition) is 1. The summed E-state index contributed by atoms with van der Waals surface area (Å²) in [4.78, 5) is 21.9. The first-order valence-corrected chi connectivity index (χ1v) is 12.3. The molecule has 1 amide bonds. The molecule has 0 spiro atoms. The van der Waals surface area contributed by atoms with E-state index in [2.05, 4.69) is 58.2 Å². The Morgan fingerprint density at radius 2 is 1.85 bits per heavy atom. The first kappa shape index (κ1) is 24.2. The van der Waals surface area contributed by atoms with Gasteiger partial charge in [0.1, 0.15) is 0 Å². The van der Waals surface area contributed by atoms with Gasteiger partial charge in [-0.2, -0.15) is 4.98 Å². The van der Waals surface area contributed by atoms with Crippen LogP contribution in [0, 0.1) is 0 Å². The van der Waals surface area contributed by atoms with Gasteiger partial charge in [0.15, 0.2) is 0 Å². The van der Waals surface area contributed by atoms with E-state index in [1.54, 1.807) is 0 Å². The van der Waals surface area contributed by atoms with Crippen molar-refractivity contribution in [1.29, 1.82) is 0 Å². The number of carbonyl (C=O) groups is 1. The van der Waals surface area contributed by atoms with Gasteiger partial charge in [-0.1, -0.05) is 61.8 Å². The monoisotopic (exact) mass is 481 g/mol. The Bertz CT molecular complexity index is 1100. The molecule has 1 fully saturated rings. The predicted molar refractivity (Wildman–Crippen MR) is 137 cm³/mol. The quantitative estimate of drug-likeness (QED) is 0.475. The Kier molecular flexibility index (Phi) is 7.85. The number of nitrogens with one attached hydrogen (secondary N) is 1. The third kappa shape index (κ3) is 5.96. The van der Waals surface area contributed by atoms with Crippen LogP contribution in [0.2, 0.25) is 5.02 Å². The molecule has 1 aromatic heterocycles. The van der Waals surface area contributed by atoms with Crippen LogP contribution in [0.15, 0.2) is 47.0 Å². The summed E-state index contributed by atoms with van der Waals surface area (Å²) in [7, 11) is 0. The largest absolute Gasteiger partial charge is 0.367 e. The van der Waals surface area contributed by atoms with Gasteiger partial charge >= 0.3 is 0 Å². The number of benzene rings is 2. The van der Waals surface area contributed by atoms with Crippen molar-refractivity contribution in [1.82, 2.24) is 15.0 Å². The Hall–Kier alpha value is -2.90. The molecule has 3 aromatic rings. The van der Waals surface area contributed by atoms with Gasteiger partial charge < -0.3 is 19.6 Å². The molecule has 1 aliphatic rings. The third-order valence-corrected chi connectivity index (χ3v) is 6.50. The highest BCUT2D eigenvalue weighted by Crippen LogP contribution is 2.30. The molecular weight excluding hydrogens is 450 g/mol. The lowest BCUT2D eigenvalue weighted by Gasteiger charge is -2.36. The molecule has 1 aliphatic heterocycles. The Labute approximate surface area is 206 Å². The lowest BCUT2D eigenvalue weighted by Crippen LogP contribution is -2.46. The Balaban J connectivity index is 1.36. The van der Waals surface area contributed by atoms with Crippen molar-refractivity contribution in [3.05, 3.63) is 58.9 Å². The number of halogens is 1. The van der Waals surface area contributed by atoms with Gasteiger partial charge in [0.05, 0.1) is 11.4 Å². The van der Waals surface area contributed by atoms with Gasteiger partial charge in [-0.05, 0) is 36.2 Å². The molecule has 0 radical (unpaired) electrons. The van der Waals surface area contributed by atoms with Crippen molar-refractivity contribution in [2.75, 3.05) is 42.9 Å². The molecule has 1 N–H and O–H groups in total. The molecule has 0 aliphatic carbocycles. The number of amides is 1. The van der Waals surface area contributed by atoms with Crippen molar-refractivity contribution >= 4 is 28.9 Å². The second kappa shape index (κ2) is 11.0. The number of aryl methyl sites for hydroxylation is 1. The maximum Gasteiger partial charge on any atom is 0.227 e. The summed E-state index contributed by atoms with van der Waals surface area (Å²) in [6.07, 6.45) is 0.609. The van der Waals surface area contributed by atoms with E-state index in [1.807, 2.05) is 30.3 Å². The van der Waals surface area contributed by atoms with E-state index < -0.39 is 0 Å². The highest BCUT2D eigenvalue weighted by molar-refractivity contribution is 6.31. The SMILES string of the molecule is CCN1CCN(c2ccc(Cl)cc2NC(=O)CCc2nc(-c3ccc(C(C)C)cc3)no2)CC1. The number of anilines is 2. The van der Waals surface area contributed by atoms with Gasteiger partial charge in [0.2, 0.25) is 17.6 Å². The summed E-state index contributed by atoms with van der Waals surface area (Å²) >= 11 is 6.23. The van der Waals surface area contributed by atoms with Gasteiger partial charge in [0, 0.05) is 49.6 Å². The van der Waals surface area contributed by atoms with Crippen molar-refractivity contribution in [2.24, 2.45) is 0 Å². The topological polar surface area (TPSA) is 74.5 Å². The smallest absolute Gasteiger partial charge is 0.227 e. The number of rotatable bonds is 8. The molecule has 0 atom stereocenters. The summed E-state index contributed by atoms with van der Waals surface area (Å²) < 4.78 is 5.38. The molecule has 0 unspecified atom stereocenters. The first-order chi connectivity index (χ1) is 16.4. The third-order valence-electron chi connectivity index (χ3n) is 6.26. The van der Waals surface area contributed by atoms with Crippen LogP contribution in [0.25, 0.3) is 11.4 Å². The van der Waals surface area contributed by atoms with Gasteiger partial charge in [-0.15, -0.1) is 0 Å². The van der Waals surface area contributed by atoms with Crippen molar-refractivity contribution in [3.8, 4) is 11.4 Å². The predicted octanol–water partition coefficient (Wildman–Crippen LogP) is 5.23. The molecule has 7 nitrogen and oxygen atoms in total. The Morgan fingerprint density at radius 1 is 1.12 bits per heavy atom. The lowest BCUT2D eigenvalue weighted by molar-refractivity contribution is -0.116. The minimum Gasteiger partial charge on any atom is -0.367 e. The average molecular weight is 482 g/mol.